The summed E-state index contributed by atoms with van der Waals surface area (Å²) in [6, 6.07) is 5.44. The summed E-state index contributed by atoms with van der Waals surface area (Å²) in [5, 5.41) is 5.47. The minimum absolute atomic E-state index is 0.138. The average Bonchev–Trinajstić information content (AvgIpc) is 2.43. The summed E-state index contributed by atoms with van der Waals surface area (Å²) in [6.07, 6.45) is 0.880. The zero-order valence-corrected chi connectivity index (χ0v) is 14.9. The zero-order valence-electron chi connectivity index (χ0n) is 12.5. The highest BCUT2D eigenvalue weighted by atomic mass is 79.9. The first kappa shape index (κ1) is 18.0. The lowest BCUT2D eigenvalue weighted by Crippen LogP contribution is -2.45. The number of nitrogens with one attached hydrogen (secondary N) is 2. The van der Waals surface area contributed by atoms with E-state index in [1.807, 2.05) is 32.0 Å². The molecule has 0 saturated carbocycles. The summed E-state index contributed by atoms with van der Waals surface area (Å²) >= 11 is 4.88. The van der Waals surface area contributed by atoms with Crippen molar-refractivity contribution in [3.63, 3.8) is 0 Å². The number of amides is 2. The van der Waals surface area contributed by atoms with Crippen LogP contribution in [-0.2, 0) is 9.59 Å². The van der Waals surface area contributed by atoms with E-state index in [9.17, 15) is 9.59 Å². The molecule has 0 unspecified atom stereocenters. The smallest absolute Gasteiger partial charge is 0.242 e. The summed E-state index contributed by atoms with van der Waals surface area (Å²) in [5.41, 5.74) is 1.12. The summed E-state index contributed by atoms with van der Waals surface area (Å²) < 4.78 is 1.02. The van der Waals surface area contributed by atoms with Gasteiger partial charge in [-0.3, -0.25) is 9.59 Å². The molecule has 2 N–H and O–H groups in total. The van der Waals surface area contributed by atoms with Crippen LogP contribution in [0.4, 0.5) is 0 Å². The van der Waals surface area contributed by atoms with Crippen LogP contribution in [0.3, 0.4) is 0 Å². The molecule has 0 bridgehead atoms. The molecule has 1 rings (SSSR count). The standard InChI is InChI=1S/C15H21BrN2O2S/c1-4-7-17-15(20)11(3)18-14(19)9-21-13-6-5-12(16)8-10(13)2/h5-6,8,11H,4,7,9H2,1-3H3,(H,17,20)(H,18,19)/t11-/m0/s1. The van der Waals surface area contributed by atoms with Crippen LogP contribution in [0.5, 0.6) is 0 Å². The Morgan fingerprint density at radius 2 is 2.10 bits per heavy atom. The number of thioether (sulfide) groups is 1. The predicted octanol–water partition coefficient (Wildman–Crippen LogP) is 2.88. The molecule has 6 heteroatoms. The van der Waals surface area contributed by atoms with Crippen LogP contribution >= 0.6 is 27.7 Å². The van der Waals surface area contributed by atoms with Gasteiger partial charge in [-0.2, -0.15) is 0 Å². The van der Waals surface area contributed by atoms with E-state index in [1.165, 1.54) is 11.8 Å². The lowest BCUT2D eigenvalue weighted by molar-refractivity contribution is -0.127. The Labute approximate surface area is 138 Å². The van der Waals surface area contributed by atoms with Crippen molar-refractivity contribution in [2.24, 2.45) is 0 Å². The molecule has 0 aromatic heterocycles. The molecule has 0 fully saturated rings. The Bertz CT molecular complexity index is 508. The lowest BCUT2D eigenvalue weighted by atomic mass is 10.2. The van der Waals surface area contributed by atoms with Gasteiger partial charge >= 0.3 is 0 Å². The first-order valence-electron chi connectivity index (χ1n) is 6.90. The predicted molar refractivity (Wildman–Crippen MR) is 90.5 cm³/mol. The van der Waals surface area contributed by atoms with Crippen LogP contribution in [0, 0.1) is 6.92 Å². The maximum Gasteiger partial charge on any atom is 0.242 e. The Hall–Kier alpha value is -1.01. The van der Waals surface area contributed by atoms with Crippen LogP contribution in [0.1, 0.15) is 25.8 Å². The lowest BCUT2D eigenvalue weighted by Gasteiger charge is -2.14. The molecule has 0 spiro atoms. The molecule has 2 amide bonds. The van der Waals surface area contributed by atoms with E-state index >= 15 is 0 Å². The SMILES string of the molecule is CCCNC(=O)[C@H](C)NC(=O)CSc1ccc(Br)cc1C. The molecule has 0 aliphatic carbocycles. The van der Waals surface area contributed by atoms with Crippen molar-refractivity contribution in [1.29, 1.82) is 0 Å². The second-order valence-electron chi connectivity index (χ2n) is 4.78. The highest BCUT2D eigenvalue weighted by Gasteiger charge is 2.15. The first-order chi connectivity index (χ1) is 9.93. The number of aryl methyl sites for hydroxylation is 1. The highest BCUT2D eigenvalue weighted by Crippen LogP contribution is 2.25. The largest absolute Gasteiger partial charge is 0.354 e. The number of hydrogen-bond donors (Lipinski definition) is 2. The van der Waals surface area contributed by atoms with E-state index in [1.54, 1.807) is 6.92 Å². The molecule has 1 aromatic rings. The van der Waals surface area contributed by atoms with Gasteiger partial charge in [-0.25, -0.2) is 0 Å². The van der Waals surface area contributed by atoms with Crippen molar-refractivity contribution in [2.75, 3.05) is 12.3 Å². The fourth-order valence-corrected chi connectivity index (χ4v) is 2.96. The normalized spacial score (nSPS) is 11.8. The average molecular weight is 373 g/mol. The van der Waals surface area contributed by atoms with Crippen molar-refractivity contribution in [3.8, 4) is 0 Å². The maximum atomic E-state index is 11.9. The molecule has 0 aliphatic rings. The second kappa shape index (κ2) is 9.10. The third-order valence-electron chi connectivity index (χ3n) is 2.82. The van der Waals surface area contributed by atoms with Gasteiger partial charge in [-0.05, 0) is 44.0 Å². The van der Waals surface area contributed by atoms with Crippen LogP contribution in [0.2, 0.25) is 0 Å². The van der Waals surface area contributed by atoms with Gasteiger partial charge in [0.1, 0.15) is 6.04 Å². The van der Waals surface area contributed by atoms with E-state index < -0.39 is 6.04 Å². The van der Waals surface area contributed by atoms with Crippen molar-refractivity contribution in [1.82, 2.24) is 10.6 Å². The molecule has 21 heavy (non-hydrogen) atoms. The molecule has 1 atom stereocenters. The monoisotopic (exact) mass is 372 g/mol. The summed E-state index contributed by atoms with van der Waals surface area (Å²) in [4.78, 5) is 24.6. The number of benzene rings is 1. The molecule has 4 nitrogen and oxygen atoms in total. The molecular weight excluding hydrogens is 352 g/mol. The minimum Gasteiger partial charge on any atom is -0.354 e. The van der Waals surface area contributed by atoms with Gasteiger partial charge in [0.05, 0.1) is 5.75 Å². The van der Waals surface area contributed by atoms with Gasteiger partial charge in [0.25, 0.3) is 0 Å². The maximum absolute atomic E-state index is 11.9. The van der Waals surface area contributed by atoms with Crippen molar-refractivity contribution in [2.45, 2.75) is 38.1 Å². The van der Waals surface area contributed by atoms with Crippen molar-refractivity contribution in [3.05, 3.63) is 28.2 Å². The third-order valence-corrected chi connectivity index (χ3v) is 4.48. The van der Waals surface area contributed by atoms with E-state index in [4.69, 9.17) is 0 Å². The van der Waals surface area contributed by atoms with E-state index in [0.717, 1.165) is 21.4 Å². The first-order valence-corrected chi connectivity index (χ1v) is 8.68. The number of carbonyl (C=O) groups excluding carboxylic acids is 2. The van der Waals surface area contributed by atoms with Gasteiger partial charge in [0, 0.05) is 15.9 Å². The summed E-state index contributed by atoms with van der Waals surface area (Å²) in [7, 11) is 0. The van der Waals surface area contributed by atoms with E-state index in [2.05, 4.69) is 26.6 Å². The van der Waals surface area contributed by atoms with Crippen molar-refractivity contribution < 1.29 is 9.59 Å². The van der Waals surface area contributed by atoms with Gasteiger partial charge in [0.2, 0.25) is 11.8 Å². The van der Waals surface area contributed by atoms with Gasteiger partial charge in [-0.15, -0.1) is 11.8 Å². The Morgan fingerprint density at radius 3 is 2.71 bits per heavy atom. The summed E-state index contributed by atoms with van der Waals surface area (Å²) in [5.74, 6) is 0.0184. The van der Waals surface area contributed by atoms with Crippen molar-refractivity contribution >= 4 is 39.5 Å². The second-order valence-corrected chi connectivity index (χ2v) is 6.71. The third kappa shape index (κ3) is 6.52. The van der Waals surface area contributed by atoms with Gasteiger partial charge in [0.15, 0.2) is 0 Å². The number of halogens is 1. The quantitative estimate of drug-likeness (QED) is 0.723. The molecule has 1 aromatic carbocycles. The zero-order chi connectivity index (χ0) is 15.8. The van der Waals surface area contributed by atoms with Crippen LogP contribution in [0.15, 0.2) is 27.6 Å². The topological polar surface area (TPSA) is 58.2 Å². The van der Waals surface area contributed by atoms with E-state index in [-0.39, 0.29) is 11.8 Å². The van der Waals surface area contributed by atoms with E-state index in [0.29, 0.717) is 12.3 Å². The highest BCUT2D eigenvalue weighted by molar-refractivity contribution is 9.10. The Kier molecular flexibility index (Phi) is 7.82. The molecule has 0 aliphatic heterocycles. The number of carbonyl (C=O) groups is 2. The van der Waals surface area contributed by atoms with Gasteiger partial charge < -0.3 is 10.6 Å². The molecular formula is C15H21BrN2O2S. The van der Waals surface area contributed by atoms with Crippen LogP contribution < -0.4 is 10.6 Å². The van der Waals surface area contributed by atoms with Gasteiger partial charge in [-0.1, -0.05) is 22.9 Å². The summed E-state index contributed by atoms with van der Waals surface area (Å²) in [6.45, 7) is 6.32. The van der Waals surface area contributed by atoms with Crippen LogP contribution in [0.25, 0.3) is 0 Å². The number of rotatable bonds is 7. The molecule has 0 heterocycles. The minimum atomic E-state index is -0.504. The van der Waals surface area contributed by atoms with Crippen LogP contribution in [-0.4, -0.2) is 30.2 Å². The fraction of sp³-hybridized carbons (Fsp3) is 0.467. The Morgan fingerprint density at radius 1 is 1.38 bits per heavy atom. The Balaban J connectivity index is 2.41. The molecule has 0 radical (unpaired) electrons. The number of hydrogen-bond acceptors (Lipinski definition) is 3. The molecule has 116 valence electrons. The fourth-order valence-electron chi connectivity index (χ4n) is 1.67. The molecule has 0 saturated heterocycles.